The van der Waals surface area contributed by atoms with Gasteiger partial charge in [-0.05, 0) is 62.4 Å². The van der Waals surface area contributed by atoms with Crippen molar-refractivity contribution in [3.63, 3.8) is 0 Å². The Labute approximate surface area is 119 Å². The average Bonchev–Trinajstić information content (AvgIpc) is 2.86. The molecule has 1 heterocycles. The molecule has 108 valence electrons. The van der Waals surface area contributed by atoms with Gasteiger partial charge >= 0.3 is 0 Å². The Morgan fingerprint density at radius 2 is 1.45 bits per heavy atom. The standard InChI is InChI=1S/C14H19N3O2S/c1-8-9(2)11(4)13(12(5)10(8)3)20(18,19)17-14-15-6-7-16-14/h6-7H,1-5H3,(H2,15,16,17). The van der Waals surface area contributed by atoms with Gasteiger partial charge in [0, 0.05) is 12.4 Å². The number of anilines is 1. The van der Waals surface area contributed by atoms with E-state index in [1.54, 1.807) is 6.20 Å². The molecule has 0 amide bonds. The van der Waals surface area contributed by atoms with Gasteiger partial charge in [-0.1, -0.05) is 0 Å². The molecule has 0 saturated carbocycles. The average molecular weight is 293 g/mol. The van der Waals surface area contributed by atoms with Crippen molar-refractivity contribution in [1.82, 2.24) is 9.97 Å². The Morgan fingerprint density at radius 3 is 1.90 bits per heavy atom. The fourth-order valence-electron chi connectivity index (χ4n) is 2.37. The van der Waals surface area contributed by atoms with Crippen LogP contribution in [0.4, 0.5) is 5.95 Å². The number of aromatic nitrogens is 2. The van der Waals surface area contributed by atoms with Crippen LogP contribution in [0.1, 0.15) is 27.8 Å². The van der Waals surface area contributed by atoms with Gasteiger partial charge in [-0.3, -0.25) is 0 Å². The van der Waals surface area contributed by atoms with Crippen LogP contribution < -0.4 is 4.72 Å². The van der Waals surface area contributed by atoms with E-state index in [0.29, 0.717) is 4.90 Å². The summed E-state index contributed by atoms with van der Waals surface area (Å²) in [5.41, 5.74) is 4.71. The van der Waals surface area contributed by atoms with E-state index in [-0.39, 0.29) is 5.95 Å². The third-order valence-corrected chi connectivity index (χ3v) is 5.54. The van der Waals surface area contributed by atoms with Gasteiger partial charge in [0.1, 0.15) is 0 Å². The van der Waals surface area contributed by atoms with Gasteiger partial charge < -0.3 is 4.98 Å². The minimum Gasteiger partial charge on any atom is -0.330 e. The number of hydrogen-bond acceptors (Lipinski definition) is 3. The Morgan fingerprint density at radius 1 is 0.950 bits per heavy atom. The summed E-state index contributed by atoms with van der Waals surface area (Å²) in [5, 5.41) is 0. The van der Waals surface area contributed by atoms with Crippen molar-refractivity contribution in [3.05, 3.63) is 40.2 Å². The number of benzene rings is 1. The van der Waals surface area contributed by atoms with Crippen LogP contribution in [0.15, 0.2) is 17.3 Å². The molecule has 0 spiro atoms. The molecule has 2 aromatic rings. The first kappa shape index (κ1) is 14.6. The van der Waals surface area contributed by atoms with Crippen LogP contribution in [0.2, 0.25) is 0 Å². The first-order valence-electron chi connectivity index (χ1n) is 6.35. The third-order valence-electron chi connectivity index (χ3n) is 3.93. The molecule has 0 aliphatic heterocycles. The molecule has 0 aliphatic rings. The summed E-state index contributed by atoms with van der Waals surface area (Å²) in [5.74, 6) is 0.222. The fourth-order valence-corrected chi connectivity index (χ4v) is 3.95. The number of rotatable bonds is 3. The minimum atomic E-state index is -3.65. The van der Waals surface area contributed by atoms with Crippen LogP contribution >= 0.6 is 0 Å². The molecule has 0 aliphatic carbocycles. The second-order valence-electron chi connectivity index (χ2n) is 5.00. The number of sulfonamides is 1. The minimum absolute atomic E-state index is 0.222. The number of hydrogen-bond donors (Lipinski definition) is 2. The summed E-state index contributed by atoms with van der Waals surface area (Å²) >= 11 is 0. The normalized spacial score (nSPS) is 11.7. The molecule has 5 nitrogen and oxygen atoms in total. The highest BCUT2D eigenvalue weighted by Crippen LogP contribution is 2.30. The molecular formula is C14H19N3O2S. The molecule has 2 rings (SSSR count). The lowest BCUT2D eigenvalue weighted by molar-refractivity contribution is 0.599. The zero-order valence-corrected chi connectivity index (χ0v) is 13.1. The number of nitrogens with one attached hydrogen (secondary N) is 2. The predicted octanol–water partition coefficient (Wildman–Crippen LogP) is 2.75. The highest BCUT2D eigenvalue weighted by atomic mass is 32.2. The first-order valence-corrected chi connectivity index (χ1v) is 7.83. The molecule has 6 heteroatoms. The van der Waals surface area contributed by atoms with Crippen LogP contribution in [0.3, 0.4) is 0 Å². The van der Waals surface area contributed by atoms with Gasteiger partial charge in [-0.2, -0.15) is 0 Å². The van der Waals surface area contributed by atoms with E-state index in [2.05, 4.69) is 14.7 Å². The maximum atomic E-state index is 12.6. The second-order valence-corrected chi connectivity index (χ2v) is 6.62. The number of H-pyrrole nitrogens is 1. The van der Waals surface area contributed by atoms with Crippen LogP contribution in [-0.4, -0.2) is 18.4 Å². The molecule has 0 saturated heterocycles. The van der Waals surface area contributed by atoms with Gasteiger partial charge in [0.05, 0.1) is 4.90 Å². The summed E-state index contributed by atoms with van der Waals surface area (Å²) < 4.78 is 27.6. The summed E-state index contributed by atoms with van der Waals surface area (Å²) in [7, 11) is -3.65. The molecule has 2 N–H and O–H groups in total. The Bertz CT molecular complexity index is 718. The predicted molar refractivity (Wildman–Crippen MR) is 79.5 cm³/mol. The van der Waals surface area contributed by atoms with E-state index >= 15 is 0 Å². The lowest BCUT2D eigenvalue weighted by atomic mass is 9.95. The lowest BCUT2D eigenvalue weighted by Gasteiger charge is -2.18. The summed E-state index contributed by atoms with van der Waals surface area (Å²) in [4.78, 5) is 6.99. The monoisotopic (exact) mass is 293 g/mol. The highest BCUT2D eigenvalue weighted by Gasteiger charge is 2.24. The lowest BCUT2D eigenvalue weighted by Crippen LogP contribution is -2.18. The Balaban J connectivity index is 2.63. The van der Waals surface area contributed by atoms with E-state index in [1.807, 2.05) is 34.6 Å². The van der Waals surface area contributed by atoms with Crippen molar-refractivity contribution in [2.45, 2.75) is 39.5 Å². The third kappa shape index (κ3) is 2.31. The van der Waals surface area contributed by atoms with Gasteiger partial charge in [0.2, 0.25) is 5.95 Å². The quantitative estimate of drug-likeness (QED) is 0.913. The van der Waals surface area contributed by atoms with Crippen LogP contribution in [0.25, 0.3) is 0 Å². The van der Waals surface area contributed by atoms with Crippen molar-refractivity contribution >= 4 is 16.0 Å². The largest absolute Gasteiger partial charge is 0.330 e. The molecule has 0 atom stereocenters. The fraction of sp³-hybridized carbons (Fsp3) is 0.357. The van der Waals surface area contributed by atoms with E-state index in [0.717, 1.165) is 27.8 Å². The maximum absolute atomic E-state index is 12.6. The van der Waals surface area contributed by atoms with Crippen molar-refractivity contribution in [3.8, 4) is 0 Å². The summed E-state index contributed by atoms with van der Waals surface area (Å²) in [6.45, 7) is 9.59. The molecule has 0 fully saturated rings. The van der Waals surface area contributed by atoms with Crippen LogP contribution in [0, 0.1) is 34.6 Å². The Hall–Kier alpha value is -1.82. The van der Waals surface area contributed by atoms with Gasteiger partial charge in [0.25, 0.3) is 10.0 Å². The van der Waals surface area contributed by atoms with Crippen molar-refractivity contribution in [2.24, 2.45) is 0 Å². The molecule has 0 radical (unpaired) electrons. The SMILES string of the molecule is Cc1c(C)c(C)c(S(=O)(=O)Nc2ncc[nH]2)c(C)c1C. The zero-order chi connectivity index (χ0) is 15.1. The van der Waals surface area contributed by atoms with E-state index in [9.17, 15) is 8.42 Å². The zero-order valence-electron chi connectivity index (χ0n) is 12.3. The molecular weight excluding hydrogens is 274 g/mol. The highest BCUT2D eigenvalue weighted by molar-refractivity contribution is 7.92. The van der Waals surface area contributed by atoms with Crippen LogP contribution in [0.5, 0.6) is 0 Å². The van der Waals surface area contributed by atoms with E-state index in [1.165, 1.54) is 6.20 Å². The topological polar surface area (TPSA) is 74.8 Å². The summed E-state index contributed by atoms with van der Waals surface area (Å²) in [6.07, 6.45) is 3.08. The molecule has 0 bridgehead atoms. The summed E-state index contributed by atoms with van der Waals surface area (Å²) in [6, 6.07) is 0. The number of aromatic amines is 1. The first-order chi connectivity index (χ1) is 9.25. The van der Waals surface area contributed by atoms with Crippen LogP contribution in [-0.2, 0) is 10.0 Å². The molecule has 1 aromatic carbocycles. The number of nitrogens with zero attached hydrogens (tertiary/aromatic N) is 1. The van der Waals surface area contributed by atoms with Crippen molar-refractivity contribution in [1.29, 1.82) is 0 Å². The Kier molecular flexibility index (Phi) is 3.60. The van der Waals surface area contributed by atoms with E-state index in [4.69, 9.17) is 0 Å². The van der Waals surface area contributed by atoms with Crippen molar-refractivity contribution in [2.75, 3.05) is 4.72 Å². The molecule has 0 unspecified atom stereocenters. The van der Waals surface area contributed by atoms with Gasteiger partial charge in [0.15, 0.2) is 0 Å². The second kappa shape index (κ2) is 4.94. The smallest absolute Gasteiger partial charge is 0.264 e. The van der Waals surface area contributed by atoms with Gasteiger partial charge in [-0.25, -0.2) is 18.1 Å². The maximum Gasteiger partial charge on any atom is 0.264 e. The molecule has 20 heavy (non-hydrogen) atoms. The van der Waals surface area contributed by atoms with Crippen molar-refractivity contribution < 1.29 is 8.42 Å². The van der Waals surface area contributed by atoms with E-state index < -0.39 is 10.0 Å². The number of imidazole rings is 1. The molecule has 1 aromatic heterocycles. The van der Waals surface area contributed by atoms with Gasteiger partial charge in [-0.15, -0.1) is 0 Å².